The van der Waals surface area contributed by atoms with E-state index in [1.54, 1.807) is 0 Å². The van der Waals surface area contributed by atoms with Gasteiger partial charge in [-0.05, 0) is 12.5 Å². The number of hydrogen-bond donors (Lipinski definition) is 0. The van der Waals surface area contributed by atoms with Crippen LogP contribution in [0.2, 0.25) is 0 Å². The SMILES string of the molecule is C=CC(=O)COCC(C)(CC)COC(=O)C=C. The summed E-state index contributed by atoms with van der Waals surface area (Å²) in [6, 6.07) is 0. The lowest BCUT2D eigenvalue weighted by Crippen LogP contribution is -2.30. The van der Waals surface area contributed by atoms with Crippen LogP contribution in [-0.2, 0) is 19.1 Å². The van der Waals surface area contributed by atoms with Crippen molar-refractivity contribution in [1.82, 2.24) is 0 Å². The quantitative estimate of drug-likeness (QED) is 0.456. The third-order valence-electron chi connectivity index (χ3n) is 2.51. The van der Waals surface area contributed by atoms with Crippen molar-refractivity contribution in [3.63, 3.8) is 0 Å². The van der Waals surface area contributed by atoms with Crippen LogP contribution >= 0.6 is 0 Å². The first kappa shape index (κ1) is 15.6. The summed E-state index contributed by atoms with van der Waals surface area (Å²) in [5.74, 6) is -0.613. The van der Waals surface area contributed by atoms with Gasteiger partial charge >= 0.3 is 5.97 Å². The molecule has 0 aliphatic heterocycles. The first-order valence-electron chi connectivity index (χ1n) is 5.49. The number of carbonyl (C=O) groups excluding carboxylic acids is 2. The second-order valence-electron chi connectivity index (χ2n) is 4.14. The molecule has 0 bridgehead atoms. The second kappa shape index (κ2) is 7.79. The molecule has 0 aliphatic carbocycles. The van der Waals surface area contributed by atoms with Gasteiger partial charge in [-0.3, -0.25) is 4.79 Å². The van der Waals surface area contributed by atoms with E-state index >= 15 is 0 Å². The van der Waals surface area contributed by atoms with Gasteiger partial charge in [-0.25, -0.2) is 4.79 Å². The summed E-state index contributed by atoms with van der Waals surface area (Å²) in [6.45, 7) is 11.2. The van der Waals surface area contributed by atoms with Crippen molar-refractivity contribution in [2.45, 2.75) is 20.3 Å². The van der Waals surface area contributed by atoms with Crippen LogP contribution in [0.3, 0.4) is 0 Å². The maximum absolute atomic E-state index is 11.0. The molecule has 0 aromatic rings. The monoisotopic (exact) mass is 240 g/mol. The topological polar surface area (TPSA) is 52.6 Å². The minimum Gasteiger partial charge on any atom is -0.462 e. The van der Waals surface area contributed by atoms with E-state index in [1.165, 1.54) is 6.08 Å². The van der Waals surface area contributed by atoms with Crippen LogP contribution < -0.4 is 0 Å². The van der Waals surface area contributed by atoms with Crippen molar-refractivity contribution in [2.75, 3.05) is 19.8 Å². The molecule has 0 fully saturated rings. The van der Waals surface area contributed by atoms with E-state index in [1.807, 2.05) is 13.8 Å². The number of ether oxygens (including phenoxy) is 2. The van der Waals surface area contributed by atoms with Gasteiger partial charge in [-0.15, -0.1) is 0 Å². The molecule has 4 heteroatoms. The summed E-state index contributed by atoms with van der Waals surface area (Å²) < 4.78 is 10.3. The van der Waals surface area contributed by atoms with Crippen LogP contribution in [-0.4, -0.2) is 31.6 Å². The fourth-order valence-corrected chi connectivity index (χ4v) is 1.01. The third-order valence-corrected chi connectivity index (χ3v) is 2.51. The maximum atomic E-state index is 11.0. The molecule has 0 aromatic heterocycles. The molecule has 0 saturated carbocycles. The normalized spacial score (nSPS) is 13.5. The van der Waals surface area contributed by atoms with Crippen molar-refractivity contribution in [1.29, 1.82) is 0 Å². The van der Waals surface area contributed by atoms with Gasteiger partial charge in [0.15, 0.2) is 5.78 Å². The lowest BCUT2D eigenvalue weighted by Gasteiger charge is -2.26. The van der Waals surface area contributed by atoms with Crippen LogP contribution in [0.4, 0.5) is 0 Å². The highest BCUT2D eigenvalue weighted by atomic mass is 16.5. The molecule has 0 rings (SSSR count). The van der Waals surface area contributed by atoms with Crippen molar-refractivity contribution in [2.24, 2.45) is 5.41 Å². The summed E-state index contributed by atoms with van der Waals surface area (Å²) in [4.78, 5) is 21.9. The minimum absolute atomic E-state index is 0.00843. The fraction of sp³-hybridized carbons (Fsp3) is 0.538. The van der Waals surface area contributed by atoms with E-state index in [0.29, 0.717) is 6.61 Å². The minimum atomic E-state index is -0.452. The van der Waals surface area contributed by atoms with Crippen LogP contribution in [0, 0.1) is 5.41 Å². The maximum Gasteiger partial charge on any atom is 0.330 e. The molecule has 0 heterocycles. The first-order valence-corrected chi connectivity index (χ1v) is 5.49. The lowest BCUT2D eigenvalue weighted by atomic mass is 9.90. The molecule has 0 amide bonds. The van der Waals surface area contributed by atoms with Gasteiger partial charge in [0.1, 0.15) is 6.61 Å². The van der Waals surface area contributed by atoms with E-state index in [2.05, 4.69) is 13.2 Å². The Kier molecular flexibility index (Phi) is 7.14. The molecule has 96 valence electrons. The summed E-state index contributed by atoms with van der Waals surface area (Å²) in [5, 5.41) is 0. The van der Waals surface area contributed by atoms with E-state index < -0.39 is 5.97 Å². The zero-order valence-corrected chi connectivity index (χ0v) is 10.5. The predicted molar refractivity (Wildman–Crippen MR) is 65.6 cm³/mol. The Morgan fingerprint density at radius 2 is 1.88 bits per heavy atom. The Hall–Kier alpha value is -1.42. The molecule has 0 N–H and O–H groups in total. The molecule has 0 spiro atoms. The largest absolute Gasteiger partial charge is 0.462 e. The van der Waals surface area contributed by atoms with Gasteiger partial charge in [0.25, 0.3) is 0 Å². The summed E-state index contributed by atoms with van der Waals surface area (Å²) in [6.07, 6.45) is 3.12. The number of esters is 1. The summed E-state index contributed by atoms with van der Waals surface area (Å²) in [5.41, 5.74) is -0.292. The summed E-state index contributed by atoms with van der Waals surface area (Å²) >= 11 is 0. The molecule has 0 radical (unpaired) electrons. The lowest BCUT2D eigenvalue weighted by molar-refractivity contribution is -0.143. The van der Waals surface area contributed by atoms with Gasteiger partial charge in [0.2, 0.25) is 0 Å². The van der Waals surface area contributed by atoms with E-state index in [9.17, 15) is 9.59 Å². The van der Waals surface area contributed by atoms with Crippen LogP contribution in [0.15, 0.2) is 25.3 Å². The Morgan fingerprint density at radius 1 is 1.24 bits per heavy atom. The van der Waals surface area contributed by atoms with Crippen molar-refractivity contribution in [3.05, 3.63) is 25.3 Å². The zero-order valence-electron chi connectivity index (χ0n) is 10.5. The molecule has 0 saturated heterocycles. The Balaban J connectivity index is 4.08. The zero-order chi connectivity index (χ0) is 13.3. The molecule has 1 atom stereocenters. The molecular weight excluding hydrogens is 220 g/mol. The smallest absolute Gasteiger partial charge is 0.330 e. The van der Waals surface area contributed by atoms with Crippen LogP contribution in [0.25, 0.3) is 0 Å². The van der Waals surface area contributed by atoms with Gasteiger partial charge in [-0.2, -0.15) is 0 Å². The van der Waals surface area contributed by atoms with Crippen molar-refractivity contribution < 1.29 is 19.1 Å². The van der Waals surface area contributed by atoms with E-state index in [-0.39, 0.29) is 24.4 Å². The Morgan fingerprint density at radius 3 is 2.35 bits per heavy atom. The highest BCUT2D eigenvalue weighted by Gasteiger charge is 2.24. The van der Waals surface area contributed by atoms with E-state index in [4.69, 9.17) is 9.47 Å². The standard InChI is InChI=1S/C13H20O4/c1-5-11(14)8-16-9-13(4,7-3)10-17-12(15)6-2/h5-6H,1-2,7-10H2,3-4H3. The van der Waals surface area contributed by atoms with Gasteiger partial charge in [0, 0.05) is 11.5 Å². The number of rotatable bonds is 9. The van der Waals surface area contributed by atoms with E-state index in [0.717, 1.165) is 12.5 Å². The number of carbonyl (C=O) groups is 2. The third kappa shape index (κ3) is 6.68. The number of ketones is 1. The predicted octanol–water partition coefficient (Wildman–Crippen LogP) is 1.90. The fourth-order valence-electron chi connectivity index (χ4n) is 1.01. The van der Waals surface area contributed by atoms with Crippen LogP contribution in [0.5, 0.6) is 0 Å². The highest BCUT2D eigenvalue weighted by molar-refractivity contribution is 5.90. The van der Waals surface area contributed by atoms with Crippen LogP contribution in [0.1, 0.15) is 20.3 Å². The molecule has 0 aliphatic rings. The Labute approximate surface area is 102 Å². The van der Waals surface area contributed by atoms with Gasteiger partial charge in [0.05, 0.1) is 13.2 Å². The molecule has 0 aromatic carbocycles. The molecule has 4 nitrogen and oxygen atoms in total. The first-order chi connectivity index (χ1) is 7.97. The van der Waals surface area contributed by atoms with Crippen molar-refractivity contribution in [3.8, 4) is 0 Å². The average Bonchev–Trinajstić information content (AvgIpc) is 2.35. The molecule has 17 heavy (non-hydrogen) atoms. The van der Waals surface area contributed by atoms with Crippen molar-refractivity contribution >= 4 is 11.8 Å². The average molecular weight is 240 g/mol. The molecular formula is C13H20O4. The van der Waals surface area contributed by atoms with Gasteiger partial charge < -0.3 is 9.47 Å². The molecule has 1 unspecified atom stereocenters. The highest BCUT2D eigenvalue weighted by Crippen LogP contribution is 2.22. The number of hydrogen-bond acceptors (Lipinski definition) is 4. The summed E-state index contributed by atoms with van der Waals surface area (Å²) in [7, 11) is 0. The van der Waals surface area contributed by atoms with Gasteiger partial charge in [-0.1, -0.05) is 27.0 Å². The Bertz CT molecular complexity index is 296. The second-order valence-corrected chi connectivity index (χ2v) is 4.14.